The Bertz CT molecular complexity index is 488. The van der Waals surface area contributed by atoms with Crippen molar-refractivity contribution in [2.45, 2.75) is 17.9 Å². The Morgan fingerprint density at radius 3 is 2.67 bits per heavy atom. The topological polar surface area (TPSA) is 74.3 Å². The zero-order valence-electron chi connectivity index (χ0n) is 11.1. The van der Waals surface area contributed by atoms with Gasteiger partial charge in [0.25, 0.3) is 0 Å². The van der Waals surface area contributed by atoms with Gasteiger partial charge < -0.3 is 10.2 Å². The van der Waals surface area contributed by atoms with Crippen molar-refractivity contribution < 1.29 is 8.42 Å². The molecule has 0 aliphatic carbocycles. The van der Waals surface area contributed by atoms with Crippen LogP contribution < -0.4 is 10.0 Å². The van der Waals surface area contributed by atoms with Gasteiger partial charge in [0.05, 0.1) is 4.90 Å². The lowest BCUT2D eigenvalue weighted by molar-refractivity contribution is 0.314. The number of sulfonamides is 1. The van der Waals surface area contributed by atoms with E-state index in [9.17, 15) is 8.42 Å². The van der Waals surface area contributed by atoms with E-state index >= 15 is 0 Å². The van der Waals surface area contributed by atoms with Crippen molar-refractivity contribution in [3.63, 3.8) is 0 Å². The molecule has 0 saturated carbocycles. The molecule has 0 fully saturated rings. The van der Waals surface area contributed by atoms with E-state index in [1.807, 2.05) is 25.9 Å². The van der Waals surface area contributed by atoms with Crippen molar-refractivity contribution in [2.75, 3.05) is 33.0 Å². The minimum absolute atomic E-state index is 0.130. The predicted octanol–water partition coefficient (Wildman–Crippen LogP) is 0.352. The van der Waals surface area contributed by atoms with Gasteiger partial charge in [-0.2, -0.15) is 0 Å². The van der Waals surface area contributed by atoms with Crippen LogP contribution in [0.2, 0.25) is 0 Å². The lowest BCUT2D eigenvalue weighted by atomic mass is 10.3. The molecule has 1 unspecified atom stereocenters. The van der Waals surface area contributed by atoms with Gasteiger partial charge in [0.2, 0.25) is 10.0 Å². The maximum absolute atomic E-state index is 12.0. The van der Waals surface area contributed by atoms with Crippen LogP contribution in [0.4, 0.5) is 5.82 Å². The molecule has 1 rings (SSSR count). The highest BCUT2D eigenvalue weighted by Gasteiger charge is 2.16. The molecule has 7 heteroatoms. The van der Waals surface area contributed by atoms with Crippen LogP contribution in [-0.2, 0) is 10.0 Å². The van der Waals surface area contributed by atoms with Crippen molar-refractivity contribution in [3.05, 3.63) is 18.3 Å². The number of hydrogen-bond acceptors (Lipinski definition) is 5. The summed E-state index contributed by atoms with van der Waals surface area (Å²) < 4.78 is 26.7. The summed E-state index contributed by atoms with van der Waals surface area (Å²) in [5.74, 6) is 0.526. The molecular formula is C11H20N4O2S. The molecule has 0 aliphatic heterocycles. The van der Waals surface area contributed by atoms with E-state index in [1.165, 1.54) is 18.3 Å². The number of rotatable bonds is 6. The van der Waals surface area contributed by atoms with Crippen molar-refractivity contribution >= 4 is 15.8 Å². The third-order valence-corrected chi connectivity index (χ3v) is 4.17. The molecule has 0 aromatic carbocycles. The number of nitrogens with one attached hydrogen (secondary N) is 2. The first-order valence-corrected chi connectivity index (χ1v) is 7.15. The summed E-state index contributed by atoms with van der Waals surface area (Å²) in [6.07, 6.45) is 1.47. The maximum Gasteiger partial charge on any atom is 0.240 e. The lowest BCUT2D eigenvalue weighted by Crippen LogP contribution is -2.38. The standard InChI is InChI=1S/C11H20N4O2S/c1-9(15(3)4)8-14-18(16,17)10-5-6-13-11(7-10)12-2/h5-7,9,14H,8H2,1-4H3,(H,12,13). The molecular weight excluding hydrogens is 252 g/mol. The second kappa shape index (κ2) is 6.12. The molecule has 1 heterocycles. The maximum atomic E-state index is 12.0. The van der Waals surface area contributed by atoms with Crippen LogP contribution in [-0.4, -0.2) is 52.0 Å². The first kappa shape index (κ1) is 14.9. The third kappa shape index (κ3) is 3.94. The van der Waals surface area contributed by atoms with Crippen molar-refractivity contribution in [1.82, 2.24) is 14.6 Å². The van der Waals surface area contributed by atoms with Crippen molar-refractivity contribution in [1.29, 1.82) is 0 Å². The molecule has 0 radical (unpaired) electrons. The molecule has 0 bridgehead atoms. The van der Waals surface area contributed by atoms with Crippen LogP contribution in [0.15, 0.2) is 23.2 Å². The van der Waals surface area contributed by atoms with Gasteiger partial charge in [-0.25, -0.2) is 18.1 Å². The summed E-state index contributed by atoms with van der Waals surface area (Å²) in [6.45, 7) is 2.32. The molecule has 6 nitrogen and oxygen atoms in total. The Balaban J connectivity index is 2.80. The van der Waals surface area contributed by atoms with Crippen LogP contribution in [0.3, 0.4) is 0 Å². The van der Waals surface area contributed by atoms with Gasteiger partial charge in [-0.15, -0.1) is 0 Å². The molecule has 0 spiro atoms. The van der Waals surface area contributed by atoms with E-state index < -0.39 is 10.0 Å². The molecule has 102 valence electrons. The number of aromatic nitrogens is 1. The van der Waals surface area contributed by atoms with Gasteiger partial charge in [-0.3, -0.25) is 0 Å². The second-order valence-corrected chi connectivity index (χ2v) is 6.06. The number of pyridine rings is 1. The number of anilines is 1. The van der Waals surface area contributed by atoms with Crippen molar-refractivity contribution in [3.8, 4) is 0 Å². The number of hydrogen-bond donors (Lipinski definition) is 2. The first-order chi connectivity index (χ1) is 8.36. The predicted molar refractivity (Wildman–Crippen MR) is 72.1 cm³/mol. The summed E-state index contributed by atoms with van der Waals surface area (Å²) in [6, 6.07) is 3.11. The Hall–Kier alpha value is -1.18. The van der Waals surface area contributed by atoms with Crippen LogP contribution in [0.5, 0.6) is 0 Å². The smallest absolute Gasteiger partial charge is 0.240 e. The highest BCUT2D eigenvalue weighted by molar-refractivity contribution is 7.89. The van der Waals surface area contributed by atoms with Crippen LogP contribution >= 0.6 is 0 Å². The van der Waals surface area contributed by atoms with Crippen LogP contribution in [0, 0.1) is 0 Å². The molecule has 18 heavy (non-hydrogen) atoms. The zero-order valence-corrected chi connectivity index (χ0v) is 12.0. The molecule has 0 amide bonds. The minimum atomic E-state index is -3.48. The van der Waals surface area contributed by atoms with Gasteiger partial charge in [0.15, 0.2) is 0 Å². The van der Waals surface area contributed by atoms with E-state index in [0.717, 1.165) is 0 Å². The summed E-state index contributed by atoms with van der Waals surface area (Å²) in [7, 11) is 2.03. The van der Waals surface area contributed by atoms with Crippen molar-refractivity contribution in [2.24, 2.45) is 0 Å². The fraction of sp³-hybridized carbons (Fsp3) is 0.545. The van der Waals surface area contributed by atoms with Crippen LogP contribution in [0.25, 0.3) is 0 Å². The molecule has 0 saturated heterocycles. The fourth-order valence-corrected chi connectivity index (χ4v) is 2.35. The molecule has 0 aliphatic rings. The molecule has 1 atom stereocenters. The Morgan fingerprint density at radius 1 is 1.44 bits per heavy atom. The van der Waals surface area contributed by atoms with Gasteiger partial charge in [-0.05, 0) is 27.1 Å². The van der Waals surface area contributed by atoms with E-state index in [4.69, 9.17) is 0 Å². The molecule has 1 aromatic rings. The Morgan fingerprint density at radius 2 is 2.11 bits per heavy atom. The van der Waals surface area contributed by atoms with E-state index in [0.29, 0.717) is 12.4 Å². The van der Waals surface area contributed by atoms with E-state index in [1.54, 1.807) is 7.05 Å². The normalized spacial score (nSPS) is 13.6. The summed E-state index contributed by atoms with van der Waals surface area (Å²) in [4.78, 5) is 6.15. The Labute approximate surface area is 108 Å². The average Bonchev–Trinajstić information content (AvgIpc) is 2.36. The monoisotopic (exact) mass is 272 g/mol. The largest absolute Gasteiger partial charge is 0.373 e. The van der Waals surface area contributed by atoms with Gasteiger partial charge >= 0.3 is 0 Å². The average molecular weight is 272 g/mol. The fourth-order valence-electron chi connectivity index (χ4n) is 1.21. The first-order valence-electron chi connectivity index (χ1n) is 5.66. The summed E-state index contributed by atoms with van der Waals surface area (Å²) in [5.41, 5.74) is 0. The summed E-state index contributed by atoms with van der Waals surface area (Å²) in [5, 5.41) is 2.81. The van der Waals surface area contributed by atoms with E-state index in [-0.39, 0.29) is 10.9 Å². The van der Waals surface area contributed by atoms with Gasteiger partial charge in [0.1, 0.15) is 5.82 Å². The quantitative estimate of drug-likeness (QED) is 0.782. The highest BCUT2D eigenvalue weighted by Crippen LogP contribution is 2.12. The number of nitrogens with zero attached hydrogens (tertiary/aromatic N) is 2. The zero-order chi connectivity index (χ0) is 13.8. The third-order valence-electron chi connectivity index (χ3n) is 2.75. The number of likely N-dealkylation sites (N-methyl/N-ethyl adjacent to an activating group) is 1. The molecule has 1 aromatic heterocycles. The van der Waals surface area contributed by atoms with E-state index in [2.05, 4.69) is 15.0 Å². The lowest BCUT2D eigenvalue weighted by Gasteiger charge is -2.20. The molecule has 2 N–H and O–H groups in total. The SMILES string of the molecule is CNc1cc(S(=O)(=O)NCC(C)N(C)C)ccn1. The van der Waals surface area contributed by atoms with Gasteiger partial charge in [-0.1, -0.05) is 0 Å². The minimum Gasteiger partial charge on any atom is -0.373 e. The Kier molecular flexibility index (Phi) is 5.06. The highest BCUT2D eigenvalue weighted by atomic mass is 32.2. The second-order valence-electron chi connectivity index (χ2n) is 4.29. The van der Waals surface area contributed by atoms with Crippen LogP contribution in [0.1, 0.15) is 6.92 Å². The summed E-state index contributed by atoms with van der Waals surface area (Å²) >= 11 is 0. The van der Waals surface area contributed by atoms with Gasteiger partial charge in [0, 0.05) is 31.9 Å².